The molecule has 1 unspecified atom stereocenters. The molecule has 0 amide bonds. The van der Waals surface area contributed by atoms with Gasteiger partial charge in [0.25, 0.3) is 0 Å². The van der Waals surface area contributed by atoms with Gasteiger partial charge in [0.15, 0.2) is 0 Å². The predicted octanol–water partition coefficient (Wildman–Crippen LogP) is 3.26. The molecule has 1 atom stereocenters. The van der Waals surface area contributed by atoms with Crippen LogP contribution in [-0.4, -0.2) is 24.2 Å². The van der Waals surface area contributed by atoms with Crippen LogP contribution in [0.5, 0.6) is 5.75 Å². The second-order valence-corrected chi connectivity index (χ2v) is 7.02. The van der Waals surface area contributed by atoms with Crippen LogP contribution in [0.1, 0.15) is 56.4 Å². The summed E-state index contributed by atoms with van der Waals surface area (Å²) in [7, 11) is 0. The van der Waals surface area contributed by atoms with Gasteiger partial charge in [-0.3, -0.25) is 4.98 Å². The second-order valence-electron chi connectivity index (χ2n) is 7.02. The molecule has 3 aliphatic rings. The van der Waals surface area contributed by atoms with Gasteiger partial charge in [-0.05, 0) is 67.9 Å². The van der Waals surface area contributed by atoms with Crippen LogP contribution in [0.15, 0.2) is 18.5 Å². The van der Waals surface area contributed by atoms with Crippen LogP contribution in [-0.2, 0) is 0 Å². The fourth-order valence-electron chi connectivity index (χ4n) is 4.21. The molecule has 0 aromatic carbocycles. The first-order valence-corrected chi connectivity index (χ1v) is 8.15. The number of aromatic nitrogens is 1. The first-order valence-electron chi connectivity index (χ1n) is 8.15. The lowest BCUT2D eigenvalue weighted by atomic mass is 9.79. The summed E-state index contributed by atoms with van der Waals surface area (Å²) in [4.78, 5) is 4.42. The molecule has 2 aliphatic carbocycles. The largest absolute Gasteiger partial charge is 0.489 e. The van der Waals surface area contributed by atoms with Gasteiger partial charge in [0.05, 0.1) is 12.3 Å². The van der Waals surface area contributed by atoms with Crippen LogP contribution >= 0.6 is 0 Å². The predicted molar refractivity (Wildman–Crippen MR) is 79.0 cm³/mol. The number of hydrogen-bond acceptors (Lipinski definition) is 3. The highest BCUT2D eigenvalue weighted by atomic mass is 16.5. The molecule has 2 heterocycles. The Labute approximate surface area is 121 Å². The van der Waals surface area contributed by atoms with E-state index in [1.807, 2.05) is 6.20 Å². The highest BCUT2D eigenvalue weighted by molar-refractivity contribution is 5.28. The molecule has 3 nitrogen and oxygen atoms in total. The molecule has 1 aliphatic heterocycles. The first kappa shape index (κ1) is 12.6. The van der Waals surface area contributed by atoms with Gasteiger partial charge in [0.1, 0.15) is 5.75 Å². The van der Waals surface area contributed by atoms with Crippen molar-refractivity contribution in [2.75, 3.05) is 13.1 Å². The normalized spacial score (nSPS) is 28.7. The third-order valence-electron chi connectivity index (χ3n) is 5.51. The molecule has 1 aromatic rings. The summed E-state index contributed by atoms with van der Waals surface area (Å²) in [6, 6.07) is 2.25. The maximum atomic E-state index is 6.09. The third-order valence-corrected chi connectivity index (χ3v) is 5.51. The molecule has 1 saturated heterocycles. The number of pyridine rings is 1. The zero-order valence-electron chi connectivity index (χ0n) is 12.1. The van der Waals surface area contributed by atoms with E-state index in [0.29, 0.717) is 17.4 Å². The van der Waals surface area contributed by atoms with Crippen molar-refractivity contribution in [3.05, 3.63) is 24.0 Å². The summed E-state index contributed by atoms with van der Waals surface area (Å²) in [6.07, 6.45) is 13.4. The fraction of sp³-hybridized carbons (Fsp3) is 0.706. The molecule has 108 valence electrons. The van der Waals surface area contributed by atoms with E-state index in [0.717, 1.165) is 5.75 Å². The standard InChI is InChI=1S/C17H24N2O/c1-2-4-15(3-1)20-16-7-14(9-18-10-16)13-5-6-17(8-13)11-19-12-17/h7,9-10,13,15,19H,1-6,8,11-12H2. The molecule has 4 rings (SSSR count). The van der Waals surface area contributed by atoms with Crippen molar-refractivity contribution >= 4 is 0 Å². The van der Waals surface area contributed by atoms with Crippen LogP contribution in [0.3, 0.4) is 0 Å². The van der Waals surface area contributed by atoms with Gasteiger partial charge in [0.2, 0.25) is 0 Å². The van der Waals surface area contributed by atoms with E-state index in [4.69, 9.17) is 4.74 Å². The lowest BCUT2D eigenvalue weighted by Gasteiger charge is -2.39. The van der Waals surface area contributed by atoms with Gasteiger partial charge in [0, 0.05) is 19.3 Å². The van der Waals surface area contributed by atoms with Crippen molar-refractivity contribution in [1.29, 1.82) is 0 Å². The van der Waals surface area contributed by atoms with Crippen LogP contribution < -0.4 is 10.1 Å². The minimum Gasteiger partial charge on any atom is -0.489 e. The molecule has 3 heteroatoms. The maximum absolute atomic E-state index is 6.09. The fourth-order valence-corrected chi connectivity index (χ4v) is 4.21. The maximum Gasteiger partial charge on any atom is 0.138 e. The zero-order chi connectivity index (χ0) is 13.4. The Kier molecular flexibility index (Phi) is 3.18. The molecule has 2 saturated carbocycles. The Morgan fingerprint density at radius 3 is 2.70 bits per heavy atom. The zero-order valence-corrected chi connectivity index (χ0v) is 12.1. The van der Waals surface area contributed by atoms with Crippen LogP contribution in [0.25, 0.3) is 0 Å². The van der Waals surface area contributed by atoms with E-state index in [9.17, 15) is 0 Å². The third kappa shape index (κ3) is 2.32. The van der Waals surface area contributed by atoms with Gasteiger partial charge < -0.3 is 10.1 Å². The SMILES string of the molecule is c1ncc(C2CCC3(CNC3)C2)cc1OC1CCCC1. The van der Waals surface area contributed by atoms with E-state index in [2.05, 4.69) is 22.6 Å². The summed E-state index contributed by atoms with van der Waals surface area (Å²) in [5.74, 6) is 1.68. The number of nitrogens with one attached hydrogen (secondary N) is 1. The van der Waals surface area contributed by atoms with Crippen LogP contribution in [0, 0.1) is 5.41 Å². The summed E-state index contributed by atoms with van der Waals surface area (Å²) in [5.41, 5.74) is 2.00. The Morgan fingerprint density at radius 1 is 1.15 bits per heavy atom. The Morgan fingerprint density at radius 2 is 2.00 bits per heavy atom. The van der Waals surface area contributed by atoms with Crippen molar-refractivity contribution in [3.8, 4) is 5.75 Å². The smallest absolute Gasteiger partial charge is 0.138 e. The van der Waals surface area contributed by atoms with Gasteiger partial charge in [-0.1, -0.05) is 0 Å². The molecular weight excluding hydrogens is 248 g/mol. The average Bonchev–Trinajstić information content (AvgIpc) is 3.07. The monoisotopic (exact) mass is 272 g/mol. The lowest BCUT2D eigenvalue weighted by Crippen LogP contribution is -2.51. The number of ether oxygens (including phenoxy) is 1. The molecule has 0 radical (unpaired) electrons. The Balaban J connectivity index is 1.45. The summed E-state index contributed by atoms with van der Waals surface area (Å²) in [6.45, 7) is 2.43. The quantitative estimate of drug-likeness (QED) is 0.917. The summed E-state index contributed by atoms with van der Waals surface area (Å²) < 4.78 is 6.09. The van der Waals surface area contributed by atoms with E-state index in [1.165, 1.54) is 63.6 Å². The number of rotatable bonds is 3. The molecule has 20 heavy (non-hydrogen) atoms. The minimum atomic E-state index is 0.429. The first-order chi connectivity index (χ1) is 9.83. The van der Waals surface area contributed by atoms with Gasteiger partial charge in [-0.25, -0.2) is 0 Å². The van der Waals surface area contributed by atoms with Gasteiger partial charge >= 0.3 is 0 Å². The van der Waals surface area contributed by atoms with Crippen LogP contribution in [0.4, 0.5) is 0 Å². The Bertz CT molecular complexity index is 478. The summed E-state index contributed by atoms with van der Waals surface area (Å²) >= 11 is 0. The van der Waals surface area contributed by atoms with Crippen LogP contribution in [0.2, 0.25) is 0 Å². The average molecular weight is 272 g/mol. The van der Waals surface area contributed by atoms with Crippen molar-refractivity contribution in [3.63, 3.8) is 0 Å². The van der Waals surface area contributed by atoms with Gasteiger partial charge in [-0.15, -0.1) is 0 Å². The number of hydrogen-bond donors (Lipinski definition) is 1. The molecule has 3 fully saturated rings. The number of nitrogens with zero attached hydrogens (tertiary/aromatic N) is 1. The molecular formula is C17H24N2O. The summed E-state index contributed by atoms with van der Waals surface area (Å²) in [5, 5.41) is 3.44. The molecule has 0 bridgehead atoms. The molecule has 1 N–H and O–H groups in total. The minimum absolute atomic E-state index is 0.429. The van der Waals surface area contributed by atoms with Crippen molar-refractivity contribution in [2.24, 2.45) is 5.41 Å². The Hall–Kier alpha value is -1.09. The van der Waals surface area contributed by atoms with Crippen molar-refractivity contribution in [1.82, 2.24) is 10.3 Å². The molecule has 1 aromatic heterocycles. The van der Waals surface area contributed by atoms with E-state index in [-0.39, 0.29) is 0 Å². The van der Waals surface area contributed by atoms with E-state index >= 15 is 0 Å². The highest BCUT2D eigenvalue weighted by Gasteiger charge is 2.43. The van der Waals surface area contributed by atoms with Crippen molar-refractivity contribution < 1.29 is 4.74 Å². The van der Waals surface area contributed by atoms with Gasteiger partial charge in [-0.2, -0.15) is 0 Å². The van der Waals surface area contributed by atoms with E-state index < -0.39 is 0 Å². The van der Waals surface area contributed by atoms with E-state index in [1.54, 1.807) is 0 Å². The topological polar surface area (TPSA) is 34.2 Å². The second kappa shape index (κ2) is 5.03. The van der Waals surface area contributed by atoms with Crippen molar-refractivity contribution in [2.45, 2.75) is 57.0 Å². The molecule has 1 spiro atoms. The highest BCUT2D eigenvalue weighted by Crippen LogP contribution is 2.48. The lowest BCUT2D eigenvalue weighted by molar-refractivity contribution is 0.175.